The topological polar surface area (TPSA) is 58.6 Å². The molecule has 2 aromatic rings. The van der Waals surface area contributed by atoms with Gasteiger partial charge in [-0.2, -0.15) is 0 Å². The summed E-state index contributed by atoms with van der Waals surface area (Å²) in [6, 6.07) is 11.3. The van der Waals surface area contributed by atoms with Crippen LogP contribution in [0.2, 0.25) is 0 Å². The van der Waals surface area contributed by atoms with Crippen LogP contribution in [0.3, 0.4) is 0 Å². The molecule has 5 heteroatoms. The molecule has 29 heavy (non-hydrogen) atoms. The summed E-state index contributed by atoms with van der Waals surface area (Å²) in [5, 5.41) is 2.82. The van der Waals surface area contributed by atoms with Crippen LogP contribution in [-0.2, 0) is 16.1 Å². The number of rotatable bonds is 8. The molecule has 2 aromatic carbocycles. The summed E-state index contributed by atoms with van der Waals surface area (Å²) in [4.78, 5) is 26.7. The maximum Gasteiger partial charge on any atom is 0.254 e. The van der Waals surface area contributed by atoms with Crippen LogP contribution in [0, 0.1) is 13.8 Å². The van der Waals surface area contributed by atoms with E-state index in [9.17, 15) is 9.59 Å². The molecule has 1 aliphatic rings. The number of hydrogen-bond acceptors (Lipinski definition) is 3. The Balaban J connectivity index is 1.91. The van der Waals surface area contributed by atoms with Gasteiger partial charge in [-0.1, -0.05) is 55.7 Å². The number of carbonyl (C=O) groups excluding carboxylic acids is 2. The van der Waals surface area contributed by atoms with Gasteiger partial charge in [0, 0.05) is 18.1 Å². The number of fused-ring (bicyclic) bond motifs is 1. The number of para-hydroxylation sites is 1. The SMILES string of the molecule is CCCCCOc1ccccc1CN1C(=O)[C@@H](NC(C)=O)c2cc(C)cc(C)c21. The molecule has 3 rings (SSSR count). The number of carbonyl (C=O) groups is 2. The molecule has 0 aliphatic carbocycles. The summed E-state index contributed by atoms with van der Waals surface area (Å²) in [6.07, 6.45) is 3.30. The Morgan fingerprint density at radius 1 is 1.17 bits per heavy atom. The molecule has 1 N–H and O–H groups in total. The zero-order valence-electron chi connectivity index (χ0n) is 17.7. The smallest absolute Gasteiger partial charge is 0.254 e. The standard InChI is InChI=1S/C24H30N2O3/c1-5-6-9-12-29-21-11-8-7-10-19(21)15-26-23-17(3)13-16(2)14-20(23)22(24(26)28)25-18(4)27/h7-8,10-11,13-14,22H,5-6,9,12,15H2,1-4H3,(H,25,27)/t22-/m0/s1. The first kappa shape index (κ1) is 20.9. The van der Waals surface area contributed by atoms with Crippen molar-refractivity contribution in [1.29, 1.82) is 0 Å². The van der Waals surface area contributed by atoms with E-state index in [0.29, 0.717) is 13.2 Å². The van der Waals surface area contributed by atoms with E-state index in [2.05, 4.69) is 18.3 Å². The number of unbranched alkanes of at least 4 members (excludes halogenated alkanes) is 2. The summed E-state index contributed by atoms with van der Waals surface area (Å²) in [5.41, 5.74) is 4.82. The zero-order valence-corrected chi connectivity index (χ0v) is 17.7. The maximum atomic E-state index is 13.2. The van der Waals surface area contributed by atoms with Gasteiger partial charge in [-0.3, -0.25) is 9.59 Å². The third-order valence-corrected chi connectivity index (χ3v) is 5.22. The second kappa shape index (κ2) is 9.12. The first-order valence-electron chi connectivity index (χ1n) is 10.3. The molecule has 1 heterocycles. The van der Waals surface area contributed by atoms with Crippen LogP contribution in [0.15, 0.2) is 36.4 Å². The fourth-order valence-electron chi connectivity index (χ4n) is 3.96. The number of nitrogens with one attached hydrogen (secondary N) is 1. The minimum Gasteiger partial charge on any atom is -0.493 e. The number of aryl methyl sites for hydroxylation is 2. The van der Waals surface area contributed by atoms with Gasteiger partial charge in [0.05, 0.1) is 18.8 Å². The number of nitrogens with zero attached hydrogens (tertiary/aromatic N) is 1. The zero-order chi connectivity index (χ0) is 21.0. The van der Waals surface area contributed by atoms with Crippen molar-refractivity contribution in [2.75, 3.05) is 11.5 Å². The van der Waals surface area contributed by atoms with Gasteiger partial charge in [-0.15, -0.1) is 0 Å². The molecule has 0 saturated heterocycles. The quantitative estimate of drug-likeness (QED) is 0.666. The van der Waals surface area contributed by atoms with E-state index in [1.807, 2.05) is 44.2 Å². The van der Waals surface area contributed by atoms with Crippen molar-refractivity contribution in [3.05, 3.63) is 58.7 Å². The van der Waals surface area contributed by atoms with Crippen LogP contribution >= 0.6 is 0 Å². The van der Waals surface area contributed by atoms with Gasteiger partial charge in [-0.25, -0.2) is 0 Å². The number of anilines is 1. The molecule has 0 bridgehead atoms. The Hall–Kier alpha value is -2.82. The first-order valence-corrected chi connectivity index (χ1v) is 10.3. The van der Waals surface area contributed by atoms with Crippen molar-refractivity contribution in [1.82, 2.24) is 5.32 Å². The van der Waals surface area contributed by atoms with Crippen LogP contribution in [-0.4, -0.2) is 18.4 Å². The molecule has 154 valence electrons. The van der Waals surface area contributed by atoms with Crippen molar-refractivity contribution in [2.45, 2.75) is 59.5 Å². The lowest BCUT2D eigenvalue weighted by molar-refractivity contribution is -0.126. The molecule has 0 radical (unpaired) electrons. The van der Waals surface area contributed by atoms with E-state index in [4.69, 9.17) is 4.74 Å². The Morgan fingerprint density at radius 3 is 2.66 bits per heavy atom. The van der Waals surface area contributed by atoms with Gasteiger partial charge < -0.3 is 15.0 Å². The summed E-state index contributed by atoms with van der Waals surface area (Å²) < 4.78 is 6.01. The average molecular weight is 395 g/mol. The molecule has 1 atom stereocenters. The minimum atomic E-state index is -0.640. The van der Waals surface area contributed by atoms with Crippen molar-refractivity contribution in [3.8, 4) is 5.75 Å². The summed E-state index contributed by atoms with van der Waals surface area (Å²) in [5.74, 6) is 0.491. The molecule has 2 amide bonds. The number of amides is 2. The Labute approximate surface area is 173 Å². The minimum absolute atomic E-state index is 0.107. The third-order valence-electron chi connectivity index (χ3n) is 5.22. The van der Waals surface area contributed by atoms with Crippen LogP contribution < -0.4 is 15.0 Å². The van der Waals surface area contributed by atoms with Crippen LogP contribution in [0.4, 0.5) is 5.69 Å². The summed E-state index contributed by atoms with van der Waals surface area (Å²) in [7, 11) is 0. The van der Waals surface area contributed by atoms with Crippen LogP contribution in [0.25, 0.3) is 0 Å². The van der Waals surface area contributed by atoms with Crippen molar-refractivity contribution in [2.24, 2.45) is 0 Å². The van der Waals surface area contributed by atoms with Crippen LogP contribution in [0.1, 0.15) is 61.4 Å². The number of ether oxygens (including phenoxy) is 1. The van der Waals surface area contributed by atoms with Gasteiger partial charge in [0.25, 0.3) is 5.91 Å². The monoisotopic (exact) mass is 394 g/mol. The molecule has 1 aliphatic heterocycles. The van der Waals surface area contributed by atoms with Gasteiger partial charge in [0.2, 0.25) is 5.91 Å². The van der Waals surface area contributed by atoms with E-state index < -0.39 is 6.04 Å². The first-order chi connectivity index (χ1) is 13.9. The molecule has 5 nitrogen and oxygen atoms in total. The lowest BCUT2D eigenvalue weighted by Gasteiger charge is -2.21. The normalized spacial score (nSPS) is 15.4. The lowest BCUT2D eigenvalue weighted by Crippen LogP contribution is -2.36. The Morgan fingerprint density at radius 2 is 1.93 bits per heavy atom. The predicted octanol–water partition coefficient (Wildman–Crippen LogP) is 4.60. The number of hydrogen-bond donors (Lipinski definition) is 1. The van der Waals surface area contributed by atoms with Gasteiger partial charge in [0.1, 0.15) is 11.8 Å². The highest BCUT2D eigenvalue weighted by Crippen LogP contribution is 2.40. The Kier molecular flexibility index (Phi) is 6.57. The van der Waals surface area contributed by atoms with E-state index in [1.165, 1.54) is 6.92 Å². The van der Waals surface area contributed by atoms with E-state index >= 15 is 0 Å². The fraction of sp³-hybridized carbons (Fsp3) is 0.417. The second-order valence-electron chi connectivity index (χ2n) is 7.74. The maximum absolute atomic E-state index is 13.2. The van der Waals surface area contributed by atoms with Crippen molar-refractivity contribution >= 4 is 17.5 Å². The third kappa shape index (κ3) is 4.61. The van der Waals surface area contributed by atoms with Gasteiger partial charge in [-0.05, 0) is 31.9 Å². The van der Waals surface area contributed by atoms with Crippen molar-refractivity contribution in [3.63, 3.8) is 0 Å². The summed E-state index contributed by atoms with van der Waals surface area (Å²) >= 11 is 0. The molecule has 0 unspecified atom stereocenters. The molecule has 0 fully saturated rings. The molecular weight excluding hydrogens is 364 g/mol. The van der Waals surface area contributed by atoms with E-state index in [-0.39, 0.29) is 11.8 Å². The highest BCUT2D eigenvalue weighted by Gasteiger charge is 2.39. The largest absolute Gasteiger partial charge is 0.493 e. The predicted molar refractivity (Wildman–Crippen MR) is 115 cm³/mol. The molecule has 0 spiro atoms. The highest BCUT2D eigenvalue weighted by molar-refractivity contribution is 6.06. The highest BCUT2D eigenvalue weighted by atomic mass is 16.5. The van der Waals surface area contributed by atoms with Crippen LogP contribution in [0.5, 0.6) is 5.75 Å². The molecular formula is C24H30N2O3. The Bertz CT molecular complexity index is 907. The fourth-order valence-corrected chi connectivity index (χ4v) is 3.96. The molecule has 0 aromatic heterocycles. The lowest BCUT2D eigenvalue weighted by atomic mass is 10.0. The van der Waals surface area contributed by atoms with Gasteiger partial charge in [0.15, 0.2) is 0 Å². The van der Waals surface area contributed by atoms with E-state index in [1.54, 1.807) is 4.90 Å². The summed E-state index contributed by atoms with van der Waals surface area (Å²) in [6.45, 7) is 8.70. The average Bonchev–Trinajstić information content (AvgIpc) is 2.92. The van der Waals surface area contributed by atoms with Gasteiger partial charge >= 0.3 is 0 Å². The second-order valence-corrected chi connectivity index (χ2v) is 7.74. The number of benzene rings is 2. The van der Waals surface area contributed by atoms with Crippen molar-refractivity contribution < 1.29 is 14.3 Å². The molecule has 0 saturated carbocycles. The van der Waals surface area contributed by atoms with E-state index in [0.717, 1.165) is 53.0 Å².